The highest BCUT2D eigenvalue weighted by Crippen LogP contribution is 2.65. The predicted molar refractivity (Wildman–Crippen MR) is 92.3 cm³/mol. The van der Waals surface area contributed by atoms with Gasteiger partial charge in [0, 0.05) is 18.3 Å². The standard InChI is InChI=1S/C21H30O3/c1-12(22)16-6-7-17-15-5-4-13-10-14(23)8-9-20(13,2)19(15)18(24)11-21(16,17)3/h10,14-17,19,23H,4-9,11H2,1-3H3/t14-,15-,16+,17-,19+,20-,21+/m0/s1. The summed E-state index contributed by atoms with van der Waals surface area (Å²) in [6, 6.07) is 0. The molecule has 0 aliphatic heterocycles. The molecule has 4 rings (SSSR count). The van der Waals surface area contributed by atoms with Crippen molar-refractivity contribution in [3.63, 3.8) is 0 Å². The van der Waals surface area contributed by atoms with Gasteiger partial charge in [-0.05, 0) is 68.1 Å². The van der Waals surface area contributed by atoms with E-state index in [-0.39, 0.29) is 34.6 Å². The van der Waals surface area contributed by atoms with Gasteiger partial charge in [0.15, 0.2) is 0 Å². The Labute approximate surface area is 144 Å². The van der Waals surface area contributed by atoms with Crippen molar-refractivity contribution in [2.75, 3.05) is 0 Å². The third-order valence-electron chi connectivity index (χ3n) is 8.27. The Morgan fingerprint density at radius 1 is 1.21 bits per heavy atom. The number of hydrogen-bond donors (Lipinski definition) is 1. The summed E-state index contributed by atoms with van der Waals surface area (Å²) in [5.41, 5.74) is 1.14. The summed E-state index contributed by atoms with van der Waals surface area (Å²) in [6.07, 6.45) is 8.11. The van der Waals surface area contributed by atoms with E-state index in [0.29, 0.717) is 24.0 Å². The van der Waals surface area contributed by atoms with Crippen molar-refractivity contribution in [3.8, 4) is 0 Å². The van der Waals surface area contributed by atoms with Crippen LogP contribution in [0.2, 0.25) is 0 Å². The molecule has 24 heavy (non-hydrogen) atoms. The number of ketones is 2. The second-order valence-corrected chi connectivity index (χ2v) is 9.39. The maximum atomic E-state index is 13.3. The van der Waals surface area contributed by atoms with Crippen LogP contribution in [0.4, 0.5) is 0 Å². The Kier molecular flexibility index (Phi) is 3.62. The molecule has 0 bridgehead atoms. The van der Waals surface area contributed by atoms with Crippen LogP contribution in [0, 0.1) is 34.5 Å². The van der Waals surface area contributed by atoms with Crippen LogP contribution < -0.4 is 0 Å². The lowest BCUT2D eigenvalue weighted by Gasteiger charge is -2.57. The van der Waals surface area contributed by atoms with Crippen molar-refractivity contribution < 1.29 is 14.7 Å². The lowest BCUT2D eigenvalue weighted by molar-refractivity contribution is -0.147. The lowest BCUT2D eigenvalue weighted by Crippen LogP contribution is -2.55. The summed E-state index contributed by atoms with van der Waals surface area (Å²) >= 11 is 0. The van der Waals surface area contributed by atoms with E-state index in [1.165, 1.54) is 5.57 Å². The number of fused-ring (bicyclic) bond motifs is 5. The Balaban J connectivity index is 1.73. The highest BCUT2D eigenvalue weighted by Gasteiger charge is 2.62. The fourth-order valence-corrected chi connectivity index (χ4v) is 7.20. The summed E-state index contributed by atoms with van der Waals surface area (Å²) in [4.78, 5) is 25.4. The van der Waals surface area contributed by atoms with Gasteiger partial charge in [0.25, 0.3) is 0 Å². The molecular formula is C21H30O3. The van der Waals surface area contributed by atoms with Gasteiger partial charge in [0.2, 0.25) is 0 Å². The Hall–Kier alpha value is -0.960. The van der Waals surface area contributed by atoms with Crippen LogP contribution in [0.15, 0.2) is 11.6 Å². The molecule has 3 saturated carbocycles. The minimum atomic E-state index is -0.331. The number of allylic oxidation sites excluding steroid dienone is 1. The molecule has 3 fully saturated rings. The molecule has 0 radical (unpaired) electrons. The minimum absolute atomic E-state index is 0.0606. The van der Waals surface area contributed by atoms with Crippen molar-refractivity contribution in [2.45, 2.75) is 71.8 Å². The van der Waals surface area contributed by atoms with Crippen LogP contribution in [0.5, 0.6) is 0 Å². The fraction of sp³-hybridized carbons (Fsp3) is 0.810. The van der Waals surface area contributed by atoms with Crippen LogP contribution in [0.1, 0.15) is 65.7 Å². The third-order valence-corrected chi connectivity index (χ3v) is 8.27. The topological polar surface area (TPSA) is 54.4 Å². The molecule has 0 unspecified atom stereocenters. The van der Waals surface area contributed by atoms with E-state index in [0.717, 1.165) is 38.5 Å². The van der Waals surface area contributed by atoms with Crippen LogP contribution in [0.3, 0.4) is 0 Å². The molecule has 7 atom stereocenters. The first-order valence-corrected chi connectivity index (χ1v) is 9.70. The van der Waals surface area contributed by atoms with E-state index in [4.69, 9.17) is 0 Å². The number of Topliss-reactive ketones (excluding diaryl/α,β-unsaturated/α-hetero) is 2. The molecule has 0 aromatic carbocycles. The van der Waals surface area contributed by atoms with Gasteiger partial charge < -0.3 is 5.11 Å². The number of rotatable bonds is 1. The second-order valence-electron chi connectivity index (χ2n) is 9.39. The minimum Gasteiger partial charge on any atom is -0.389 e. The summed E-state index contributed by atoms with van der Waals surface area (Å²) < 4.78 is 0. The Morgan fingerprint density at radius 3 is 2.67 bits per heavy atom. The number of aliphatic hydroxyl groups is 1. The van der Waals surface area contributed by atoms with Crippen molar-refractivity contribution in [1.29, 1.82) is 0 Å². The van der Waals surface area contributed by atoms with E-state index >= 15 is 0 Å². The molecule has 4 aliphatic rings. The highest BCUT2D eigenvalue weighted by atomic mass is 16.3. The monoisotopic (exact) mass is 330 g/mol. The van der Waals surface area contributed by atoms with E-state index < -0.39 is 0 Å². The van der Waals surface area contributed by atoms with E-state index in [1.807, 2.05) is 6.08 Å². The Bertz CT molecular complexity index is 621. The number of carbonyl (C=O) groups is 2. The molecule has 4 aliphatic carbocycles. The summed E-state index contributed by atoms with van der Waals surface area (Å²) in [5.74, 6) is 1.78. The molecule has 3 nitrogen and oxygen atoms in total. The second kappa shape index (κ2) is 5.27. The molecule has 0 aromatic rings. The maximum absolute atomic E-state index is 13.3. The molecule has 132 valence electrons. The van der Waals surface area contributed by atoms with E-state index in [2.05, 4.69) is 13.8 Å². The first-order chi connectivity index (χ1) is 11.3. The molecule has 0 amide bonds. The van der Waals surface area contributed by atoms with Gasteiger partial charge in [0.05, 0.1) is 6.10 Å². The average molecular weight is 330 g/mol. The quantitative estimate of drug-likeness (QED) is 0.746. The van der Waals surface area contributed by atoms with Crippen LogP contribution in [0.25, 0.3) is 0 Å². The normalized spacial score (nSPS) is 50.6. The van der Waals surface area contributed by atoms with Gasteiger partial charge in [-0.3, -0.25) is 9.59 Å². The molecule has 0 heterocycles. The predicted octanol–water partition coefficient (Wildman–Crippen LogP) is 3.69. The highest BCUT2D eigenvalue weighted by molar-refractivity contribution is 5.87. The molecule has 0 spiro atoms. The third kappa shape index (κ3) is 2.06. The molecule has 0 aromatic heterocycles. The summed E-state index contributed by atoms with van der Waals surface area (Å²) in [6.45, 7) is 6.18. The van der Waals surface area contributed by atoms with Gasteiger partial charge in [-0.1, -0.05) is 25.5 Å². The average Bonchev–Trinajstić information content (AvgIpc) is 2.84. The molecule has 1 N–H and O–H groups in total. The van der Waals surface area contributed by atoms with Gasteiger partial charge in [-0.15, -0.1) is 0 Å². The van der Waals surface area contributed by atoms with Gasteiger partial charge in [0.1, 0.15) is 11.6 Å². The number of aliphatic hydroxyl groups excluding tert-OH is 1. The van der Waals surface area contributed by atoms with Crippen LogP contribution >= 0.6 is 0 Å². The zero-order valence-corrected chi connectivity index (χ0v) is 15.2. The van der Waals surface area contributed by atoms with Crippen molar-refractivity contribution in [3.05, 3.63) is 11.6 Å². The van der Waals surface area contributed by atoms with Crippen molar-refractivity contribution in [2.24, 2.45) is 34.5 Å². The van der Waals surface area contributed by atoms with Crippen molar-refractivity contribution >= 4 is 11.6 Å². The Morgan fingerprint density at radius 2 is 1.96 bits per heavy atom. The summed E-state index contributed by atoms with van der Waals surface area (Å²) in [5, 5.41) is 10.0. The van der Waals surface area contributed by atoms with Gasteiger partial charge >= 0.3 is 0 Å². The first kappa shape index (κ1) is 16.5. The SMILES string of the molecule is CC(=O)[C@H]1CC[C@H]2[C@@H]3CCC4=C[C@@H](O)CC[C@]4(C)[C@H]3C(=O)C[C@]12C. The number of carbonyl (C=O) groups excluding carboxylic acids is 2. The zero-order valence-electron chi connectivity index (χ0n) is 15.2. The van der Waals surface area contributed by atoms with Crippen molar-refractivity contribution in [1.82, 2.24) is 0 Å². The summed E-state index contributed by atoms with van der Waals surface area (Å²) in [7, 11) is 0. The lowest BCUT2D eigenvalue weighted by atomic mass is 9.46. The zero-order chi connectivity index (χ0) is 17.3. The molecule has 0 saturated heterocycles. The van der Waals surface area contributed by atoms with Gasteiger partial charge in [-0.2, -0.15) is 0 Å². The van der Waals surface area contributed by atoms with Crippen LogP contribution in [-0.4, -0.2) is 22.8 Å². The largest absolute Gasteiger partial charge is 0.389 e. The molecule has 3 heteroatoms. The van der Waals surface area contributed by atoms with Gasteiger partial charge in [-0.25, -0.2) is 0 Å². The van der Waals surface area contributed by atoms with E-state index in [1.54, 1.807) is 6.92 Å². The maximum Gasteiger partial charge on any atom is 0.137 e. The van der Waals surface area contributed by atoms with Crippen LogP contribution in [-0.2, 0) is 9.59 Å². The smallest absolute Gasteiger partial charge is 0.137 e. The first-order valence-electron chi connectivity index (χ1n) is 9.70. The molecular weight excluding hydrogens is 300 g/mol. The van der Waals surface area contributed by atoms with E-state index in [9.17, 15) is 14.7 Å². The number of hydrogen-bond acceptors (Lipinski definition) is 3. The fourth-order valence-electron chi connectivity index (χ4n) is 7.20.